The molecule has 1 heterocycles. The minimum Gasteiger partial charge on any atom is -0.383 e. The summed E-state index contributed by atoms with van der Waals surface area (Å²) in [5.41, 5.74) is 0.308. The third-order valence-electron chi connectivity index (χ3n) is 3.60. The van der Waals surface area contributed by atoms with Crippen LogP contribution in [0.5, 0.6) is 0 Å². The lowest BCUT2D eigenvalue weighted by molar-refractivity contribution is 0.0392. The number of sulfonamides is 1. The molecule has 1 aliphatic rings. The highest BCUT2D eigenvalue weighted by molar-refractivity contribution is 7.89. The second kappa shape index (κ2) is 7.87. The standard InChI is InChI=1S/C15H22N2O5S/c1-12-11-22-9-7-17(12)23(19,20)14-5-3-4-13(10-14)15(18)16-6-8-21-2/h3-5,10,12H,6-9,11H2,1-2H3,(H,16,18). The highest BCUT2D eigenvalue weighted by atomic mass is 32.2. The van der Waals surface area contributed by atoms with Crippen LogP contribution in [-0.4, -0.2) is 64.7 Å². The van der Waals surface area contributed by atoms with Gasteiger partial charge in [-0.1, -0.05) is 6.07 Å². The molecule has 0 radical (unpaired) electrons. The number of nitrogens with zero attached hydrogens (tertiary/aromatic N) is 1. The van der Waals surface area contributed by atoms with Gasteiger partial charge < -0.3 is 14.8 Å². The minimum atomic E-state index is -3.64. The second-order valence-corrected chi connectivity index (χ2v) is 7.21. The molecule has 1 atom stereocenters. The Bertz CT molecular complexity index is 647. The average Bonchev–Trinajstić information content (AvgIpc) is 2.55. The summed E-state index contributed by atoms with van der Waals surface area (Å²) >= 11 is 0. The van der Waals surface area contributed by atoms with Crippen LogP contribution in [0.4, 0.5) is 0 Å². The molecule has 0 aromatic heterocycles. The predicted molar refractivity (Wildman–Crippen MR) is 84.8 cm³/mol. The van der Waals surface area contributed by atoms with Crippen molar-refractivity contribution >= 4 is 15.9 Å². The Morgan fingerprint density at radius 3 is 2.96 bits per heavy atom. The zero-order valence-corrected chi connectivity index (χ0v) is 14.1. The lowest BCUT2D eigenvalue weighted by atomic mass is 10.2. The highest BCUT2D eigenvalue weighted by Crippen LogP contribution is 2.21. The summed E-state index contributed by atoms with van der Waals surface area (Å²) in [6.45, 7) is 3.63. The summed E-state index contributed by atoms with van der Waals surface area (Å²) in [6.07, 6.45) is 0. The molecule has 1 unspecified atom stereocenters. The minimum absolute atomic E-state index is 0.116. The lowest BCUT2D eigenvalue weighted by Crippen LogP contribution is -2.46. The Kier molecular flexibility index (Phi) is 6.11. The van der Waals surface area contributed by atoms with Crippen molar-refractivity contribution < 1.29 is 22.7 Å². The molecule has 23 heavy (non-hydrogen) atoms. The maximum Gasteiger partial charge on any atom is 0.251 e. The van der Waals surface area contributed by atoms with Gasteiger partial charge in [0.05, 0.1) is 24.7 Å². The van der Waals surface area contributed by atoms with E-state index in [2.05, 4.69) is 5.32 Å². The van der Waals surface area contributed by atoms with Crippen molar-refractivity contribution in [2.75, 3.05) is 40.0 Å². The van der Waals surface area contributed by atoms with E-state index in [1.807, 2.05) is 0 Å². The highest BCUT2D eigenvalue weighted by Gasteiger charge is 2.31. The molecule has 1 amide bonds. The SMILES string of the molecule is COCCNC(=O)c1cccc(S(=O)(=O)N2CCOCC2C)c1. The molecule has 1 fully saturated rings. The lowest BCUT2D eigenvalue weighted by Gasteiger charge is -2.32. The fraction of sp³-hybridized carbons (Fsp3) is 0.533. The maximum absolute atomic E-state index is 12.8. The van der Waals surface area contributed by atoms with Gasteiger partial charge in [-0.05, 0) is 25.1 Å². The molecule has 1 aromatic rings. The normalized spacial score (nSPS) is 19.5. The molecule has 1 aromatic carbocycles. The van der Waals surface area contributed by atoms with Crippen molar-refractivity contribution in [2.24, 2.45) is 0 Å². The van der Waals surface area contributed by atoms with Crippen LogP contribution in [0.1, 0.15) is 17.3 Å². The molecule has 1 N–H and O–H groups in total. The van der Waals surface area contributed by atoms with E-state index in [0.29, 0.717) is 38.5 Å². The van der Waals surface area contributed by atoms with Crippen LogP contribution in [0.25, 0.3) is 0 Å². The van der Waals surface area contributed by atoms with Crippen LogP contribution >= 0.6 is 0 Å². The molecular weight excluding hydrogens is 320 g/mol. The fourth-order valence-electron chi connectivity index (χ4n) is 2.37. The third-order valence-corrected chi connectivity index (χ3v) is 5.61. The topological polar surface area (TPSA) is 84.9 Å². The largest absolute Gasteiger partial charge is 0.383 e. The number of benzene rings is 1. The number of carbonyl (C=O) groups is 1. The van der Waals surface area contributed by atoms with E-state index in [1.165, 1.54) is 16.4 Å². The van der Waals surface area contributed by atoms with Crippen LogP contribution in [0.15, 0.2) is 29.2 Å². The number of ether oxygens (including phenoxy) is 2. The summed E-state index contributed by atoms with van der Waals surface area (Å²) in [5.74, 6) is -0.325. The van der Waals surface area contributed by atoms with E-state index in [0.717, 1.165) is 0 Å². The molecular formula is C15H22N2O5S. The van der Waals surface area contributed by atoms with Crippen molar-refractivity contribution in [3.63, 3.8) is 0 Å². The van der Waals surface area contributed by atoms with E-state index in [1.54, 1.807) is 26.2 Å². The quantitative estimate of drug-likeness (QED) is 0.760. The summed E-state index contributed by atoms with van der Waals surface area (Å²) in [4.78, 5) is 12.2. The Morgan fingerprint density at radius 1 is 1.48 bits per heavy atom. The Morgan fingerprint density at radius 2 is 2.26 bits per heavy atom. The Labute approximate surface area is 136 Å². The van der Waals surface area contributed by atoms with Crippen LogP contribution in [0.3, 0.4) is 0 Å². The number of methoxy groups -OCH3 is 1. The first-order chi connectivity index (χ1) is 11.0. The number of carbonyl (C=O) groups excluding carboxylic acids is 1. The molecule has 1 aliphatic heterocycles. The van der Waals surface area contributed by atoms with Gasteiger partial charge in [0.15, 0.2) is 0 Å². The summed E-state index contributed by atoms with van der Waals surface area (Å²) in [7, 11) is -2.10. The monoisotopic (exact) mass is 342 g/mol. The number of morpholine rings is 1. The molecule has 8 heteroatoms. The van der Waals surface area contributed by atoms with Crippen molar-refractivity contribution in [3.8, 4) is 0 Å². The van der Waals surface area contributed by atoms with Gasteiger partial charge in [0.1, 0.15) is 0 Å². The van der Waals surface area contributed by atoms with Gasteiger partial charge in [-0.25, -0.2) is 8.42 Å². The zero-order chi connectivity index (χ0) is 16.9. The van der Waals surface area contributed by atoms with E-state index in [9.17, 15) is 13.2 Å². The predicted octanol–water partition coefficient (Wildman–Crippen LogP) is 0.472. The Balaban J connectivity index is 2.19. The number of amides is 1. The molecule has 2 rings (SSSR count). The molecule has 128 valence electrons. The molecule has 0 saturated carbocycles. The van der Waals surface area contributed by atoms with Crippen molar-refractivity contribution in [1.82, 2.24) is 9.62 Å². The number of hydrogen-bond donors (Lipinski definition) is 1. The van der Waals surface area contributed by atoms with Crippen molar-refractivity contribution in [3.05, 3.63) is 29.8 Å². The van der Waals surface area contributed by atoms with Gasteiger partial charge >= 0.3 is 0 Å². The molecule has 0 aliphatic carbocycles. The second-order valence-electron chi connectivity index (χ2n) is 5.32. The van der Waals surface area contributed by atoms with E-state index in [4.69, 9.17) is 9.47 Å². The first-order valence-corrected chi connectivity index (χ1v) is 8.87. The van der Waals surface area contributed by atoms with Gasteiger partial charge in [0.2, 0.25) is 10.0 Å². The first-order valence-electron chi connectivity index (χ1n) is 7.43. The molecule has 7 nitrogen and oxygen atoms in total. The zero-order valence-electron chi connectivity index (χ0n) is 13.3. The van der Waals surface area contributed by atoms with Crippen LogP contribution in [0.2, 0.25) is 0 Å². The molecule has 1 saturated heterocycles. The molecule has 0 spiro atoms. The van der Waals surface area contributed by atoms with Crippen molar-refractivity contribution in [2.45, 2.75) is 17.9 Å². The van der Waals surface area contributed by atoms with Gasteiger partial charge in [0, 0.05) is 31.8 Å². The number of rotatable bonds is 6. The van der Waals surface area contributed by atoms with Crippen LogP contribution in [0, 0.1) is 0 Å². The summed E-state index contributed by atoms with van der Waals surface area (Å²) in [5, 5.41) is 2.67. The van der Waals surface area contributed by atoms with E-state index >= 15 is 0 Å². The maximum atomic E-state index is 12.8. The van der Waals surface area contributed by atoms with E-state index < -0.39 is 10.0 Å². The average molecular weight is 342 g/mol. The van der Waals surface area contributed by atoms with Crippen molar-refractivity contribution in [1.29, 1.82) is 0 Å². The van der Waals surface area contributed by atoms with Crippen LogP contribution < -0.4 is 5.32 Å². The molecule has 0 bridgehead atoms. The van der Waals surface area contributed by atoms with Gasteiger partial charge in [0.25, 0.3) is 5.91 Å². The smallest absolute Gasteiger partial charge is 0.251 e. The Hall–Kier alpha value is -1.48. The van der Waals surface area contributed by atoms with Gasteiger partial charge in [-0.2, -0.15) is 4.31 Å². The summed E-state index contributed by atoms with van der Waals surface area (Å²) in [6, 6.07) is 5.84. The first kappa shape index (κ1) is 17.9. The third kappa shape index (κ3) is 4.29. The van der Waals surface area contributed by atoms with Crippen LogP contribution in [-0.2, 0) is 19.5 Å². The van der Waals surface area contributed by atoms with Gasteiger partial charge in [-0.15, -0.1) is 0 Å². The number of nitrogens with one attached hydrogen (secondary N) is 1. The number of hydrogen-bond acceptors (Lipinski definition) is 5. The van der Waals surface area contributed by atoms with Gasteiger partial charge in [-0.3, -0.25) is 4.79 Å². The fourth-order valence-corrected chi connectivity index (χ4v) is 4.02. The van der Waals surface area contributed by atoms with E-state index in [-0.39, 0.29) is 16.8 Å². The summed E-state index contributed by atoms with van der Waals surface area (Å²) < 4.78 is 37.1.